The van der Waals surface area contributed by atoms with Crippen molar-refractivity contribution in [3.63, 3.8) is 0 Å². The SMILES string of the molecule is Cc1cccc(N)c1.N#Cc1ccccc1C#N. The summed E-state index contributed by atoms with van der Waals surface area (Å²) in [7, 11) is 0. The summed E-state index contributed by atoms with van der Waals surface area (Å²) in [5, 5.41) is 16.9. The number of nitrogen functional groups attached to an aromatic ring is 1. The minimum atomic E-state index is 0.435. The molecule has 0 radical (unpaired) electrons. The van der Waals surface area contributed by atoms with Crippen LogP contribution >= 0.6 is 0 Å². The Morgan fingerprint density at radius 2 is 1.44 bits per heavy atom. The number of nitriles is 2. The first-order chi connectivity index (χ1) is 8.67. The summed E-state index contributed by atoms with van der Waals surface area (Å²) >= 11 is 0. The van der Waals surface area contributed by atoms with Crippen LogP contribution in [0.5, 0.6) is 0 Å². The predicted molar refractivity (Wildman–Crippen MR) is 71.5 cm³/mol. The molecular formula is C15H13N3. The molecule has 0 spiro atoms. The predicted octanol–water partition coefficient (Wildman–Crippen LogP) is 3.01. The number of aryl methyl sites for hydroxylation is 1. The normalized spacial score (nSPS) is 8.39. The molecule has 0 aliphatic rings. The molecular weight excluding hydrogens is 222 g/mol. The fourth-order valence-corrected chi connectivity index (χ4v) is 1.35. The molecule has 0 unspecified atom stereocenters. The van der Waals surface area contributed by atoms with Crippen molar-refractivity contribution in [2.24, 2.45) is 0 Å². The smallest absolute Gasteiger partial charge is 0.101 e. The lowest BCUT2D eigenvalue weighted by Gasteiger charge is -1.91. The van der Waals surface area contributed by atoms with Gasteiger partial charge in [0.05, 0.1) is 11.1 Å². The lowest BCUT2D eigenvalue weighted by atomic mass is 10.1. The van der Waals surface area contributed by atoms with Gasteiger partial charge in [-0.1, -0.05) is 24.3 Å². The third-order valence-electron chi connectivity index (χ3n) is 2.21. The second kappa shape index (κ2) is 6.73. The topological polar surface area (TPSA) is 73.6 Å². The van der Waals surface area contributed by atoms with Crippen LogP contribution in [0.3, 0.4) is 0 Å². The summed E-state index contributed by atoms with van der Waals surface area (Å²) in [5.74, 6) is 0. The minimum Gasteiger partial charge on any atom is -0.399 e. The highest BCUT2D eigenvalue weighted by Gasteiger charge is 1.95. The van der Waals surface area contributed by atoms with Crippen LogP contribution in [-0.2, 0) is 0 Å². The van der Waals surface area contributed by atoms with E-state index < -0.39 is 0 Å². The Bertz CT molecular complexity index is 553. The third kappa shape index (κ3) is 4.00. The van der Waals surface area contributed by atoms with Crippen molar-refractivity contribution in [1.29, 1.82) is 10.5 Å². The zero-order valence-electron chi connectivity index (χ0n) is 10.1. The molecule has 2 N–H and O–H groups in total. The summed E-state index contributed by atoms with van der Waals surface area (Å²) in [5.41, 5.74) is 8.38. The molecule has 2 aromatic carbocycles. The van der Waals surface area contributed by atoms with Gasteiger partial charge >= 0.3 is 0 Å². The van der Waals surface area contributed by atoms with Crippen molar-refractivity contribution in [3.8, 4) is 12.1 Å². The molecule has 0 aliphatic carbocycles. The second-order valence-electron chi connectivity index (χ2n) is 3.68. The van der Waals surface area contributed by atoms with Crippen LogP contribution in [0.4, 0.5) is 5.69 Å². The van der Waals surface area contributed by atoms with E-state index in [1.54, 1.807) is 24.3 Å². The molecule has 0 atom stereocenters. The van der Waals surface area contributed by atoms with Gasteiger partial charge in [0, 0.05) is 5.69 Å². The average Bonchev–Trinajstić information content (AvgIpc) is 2.39. The fraction of sp³-hybridized carbons (Fsp3) is 0.0667. The standard InChI is InChI=1S/C8H4N2.C7H9N/c9-5-7-3-1-2-4-8(7)6-10;1-6-3-2-4-7(8)5-6/h1-4H;2-5H,8H2,1H3. The lowest BCUT2D eigenvalue weighted by molar-refractivity contribution is 1.43. The van der Waals surface area contributed by atoms with Crippen LogP contribution in [-0.4, -0.2) is 0 Å². The van der Waals surface area contributed by atoms with Crippen molar-refractivity contribution in [2.75, 3.05) is 5.73 Å². The van der Waals surface area contributed by atoms with Crippen molar-refractivity contribution in [3.05, 3.63) is 65.2 Å². The first kappa shape index (κ1) is 13.3. The largest absolute Gasteiger partial charge is 0.399 e. The van der Waals surface area contributed by atoms with Gasteiger partial charge in [-0.2, -0.15) is 10.5 Å². The van der Waals surface area contributed by atoms with E-state index in [4.69, 9.17) is 16.3 Å². The van der Waals surface area contributed by atoms with Crippen molar-refractivity contribution >= 4 is 5.69 Å². The molecule has 0 bridgehead atoms. The van der Waals surface area contributed by atoms with Gasteiger partial charge in [0.25, 0.3) is 0 Å². The van der Waals surface area contributed by atoms with Crippen LogP contribution in [0.2, 0.25) is 0 Å². The van der Waals surface area contributed by atoms with Crippen molar-refractivity contribution in [1.82, 2.24) is 0 Å². The van der Waals surface area contributed by atoms with Crippen LogP contribution in [0.25, 0.3) is 0 Å². The summed E-state index contributed by atoms with van der Waals surface area (Å²) in [6.07, 6.45) is 0. The van der Waals surface area contributed by atoms with Gasteiger partial charge in [-0.25, -0.2) is 0 Å². The first-order valence-corrected chi connectivity index (χ1v) is 5.38. The summed E-state index contributed by atoms with van der Waals surface area (Å²) in [4.78, 5) is 0. The number of hydrogen-bond acceptors (Lipinski definition) is 3. The molecule has 0 aliphatic heterocycles. The van der Waals surface area contributed by atoms with Crippen LogP contribution in [0, 0.1) is 29.6 Å². The molecule has 0 saturated carbocycles. The Labute approximate surface area is 107 Å². The Morgan fingerprint density at radius 3 is 1.78 bits per heavy atom. The van der Waals surface area contributed by atoms with E-state index >= 15 is 0 Å². The lowest BCUT2D eigenvalue weighted by Crippen LogP contribution is -1.82. The van der Waals surface area contributed by atoms with Crippen LogP contribution in [0.1, 0.15) is 16.7 Å². The number of nitrogens with two attached hydrogens (primary N) is 1. The minimum absolute atomic E-state index is 0.435. The van der Waals surface area contributed by atoms with E-state index in [1.165, 1.54) is 5.56 Å². The number of nitrogens with zero attached hydrogens (tertiary/aromatic N) is 2. The van der Waals surface area contributed by atoms with Gasteiger partial charge in [-0.15, -0.1) is 0 Å². The Hall–Kier alpha value is -2.78. The first-order valence-electron chi connectivity index (χ1n) is 5.38. The fourth-order valence-electron chi connectivity index (χ4n) is 1.35. The molecule has 0 saturated heterocycles. The Morgan fingerprint density at radius 1 is 0.889 bits per heavy atom. The van der Waals surface area contributed by atoms with Gasteiger partial charge in [-0.05, 0) is 36.8 Å². The van der Waals surface area contributed by atoms with Crippen LogP contribution < -0.4 is 5.73 Å². The van der Waals surface area contributed by atoms with E-state index in [2.05, 4.69) is 0 Å². The molecule has 18 heavy (non-hydrogen) atoms. The van der Waals surface area contributed by atoms with Crippen molar-refractivity contribution in [2.45, 2.75) is 6.92 Å². The summed E-state index contributed by atoms with van der Waals surface area (Å²) in [6, 6.07) is 18.4. The second-order valence-corrected chi connectivity index (χ2v) is 3.68. The molecule has 2 aromatic rings. The Balaban J connectivity index is 0.000000184. The number of anilines is 1. The molecule has 0 fully saturated rings. The molecule has 88 valence electrons. The molecule has 0 heterocycles. The zero-order chi connectivity index (χ0) is 13.4. The number of hydrogen-bond donors (Lipinski definition) is 1. The van der Waals surface area contributed by atoms with Crippen LogP contribution in [0.15, 0.2) is 48.5 Å². The third-order valence-corrected chi connectivity index (χ3v) is 2.21. The van der Waals surface area contributed by atoms with E-state index in [1.807, 2.05) is 43.3 Å². The van der Waals surface area contributed by atoms with E-state index in [0.29, 0.717) is 11.1 Å². The zero-order valence-corrected chi connectivity index (χ0v) is 10.1. The van der Waals surface area contributed by atoms with E-state index in [0.717, 1.165) is 5.69 Å². The molecule has 3 heteroatoms. The maximum absolute atomic E-state index is 8.45. The van der Waals surface area contributed by atoms with E-state index in [9.17, 15) is 0 Å². The highest BCUT2D eigenvalue weighted by Crippen LogP contribution is 2.04. The van der Waals surface area contributed by atoms with Gasteiger partial charge in [-0.3, -0.25) is 0 Å². The monoisotopic (exact) mass is 235 g/mol. The van der Waals surface area contributed by atoms with E-state index in [-0.39, 0.29) is 0 Å². The average molecular weight is 235 g/mol. The van der Waals surface area contributed by atoms with Gasteiger partial charge in [0.15, 0.2) is 0 Å². The maximum Gasteiger partial charge on any atom is 0.101 e. The summed E-state index contributed by atoms with van der Waals surface area (Å²) < 4.78 is 0. The van der Waals surface area contributed by atoms with Crippen molar-refractivity contribution < 1.29 is 0 Å². The van der Waals surface area contributed by atoms with Gasteiger partial charge < -0.3 is 5.73 Å². The molecule has 0 aromatic heterocycles. The molecule has 3 nitrogen and oxygen atoms in total. The van der Waals surface area contributed by atoms with Gasteiger partial charge in [0.1, 0.15) is 12.1 Å². The van der Waals surface area contributed by atoms with Gasteiger partial charge in [0.2, 0.25) is 0 Å². The molecule has 0 amide bonds. The molecule has 2 rings (SSSR count). The highest BCUT2D eigenvalue weighted by molar-refractivity contribution is 5.44. The Kier molecular flexibility index (Phi) is 4.97. The number of benzene rings is 2. The quantitative estimate of drug-likeness (QED) is 0.713. The highest BCUT2D eigenvalue weighted by atomic mass is 14.5. The number of rotatable bonds is 0. The summed E-state index contributed by atoms with van der Waals surface area (Å²) in [6.45, 7) is 2.02. The maximum atomic E-state index is 8.45.